The first-order valence-electron chi connectivity index (χ1n) is 11.1. The number of aryl methyl sites for hydroxylation is 1. The Morgan fingerprint density at radius 3 is 2.29 bits per heavy atom. The summed E-state index contributed by atoms with van der Waals surface area (Å²) in [5.41, 5.74) is 5.41. The molecule has 0 saturated heterocycles. The number of rotatable bonds is 9. The molecule has 0 aliphatic heterocycles. The Labute approximate surface area is 185 Å². The Morgan fingerprint density at radius 2 is 1.61 bits per heavy atom. The first-order chi connectivity index (χ1) is 14.9. The molecule has 0 amide bonds. The summed E-state index contributed by atoms with van der Waals surface area (Å²) in [6.45, 7) is 4.59. The maximum Gasteiger partial charge on any atom is 0.157 e. The molecular weight excluding hydrogens is 382 g/mol. The van der Waals surface area contributed by atoms with Crippen LogP contribution in [0, 0.1) is 11.3 Å². The highest BCUT2D eigenvalue weighted by molar-refractivity contribution is 5.65. The summed E-state index contributed by atoms with van der Waals surface area (Å²) < 4.78 is 0. The second kappa shape index (κ2) is 10.2. The fraction of sp³-hybridized carbons (Fsp3) is 0.321. The number of phenols is 2. The molecule has 160 valence electrons. The van der Waals surface area contributed by atoms with E-state index in [0.29, 0.717) is 5.56 Å². The third-order valence-electron chi connectivity index (χ3n) is 6.19. The largest absolute Gasteiger partial charge is 0.504 e. The number of benzene rings is 3. The lowest BCUT2D eigenvalue weighted by atomic mass is 9.74. The summed E-state index contributed by atoms with van der Waals surface area (Å²) in [6.07, 6.45) is 6.41. The van der Waals surface area contributed by atoms with Gasteiger partial charge in [-0.2, -0.15) is 5.26 Å². The summed E-state index contributed by atoms with van der Waals surface area (Å²) in [6, 6.07) is 23.8. The fourth-order valence-corrected chi connectivity index (χ4v) is 4.37. The SMILES string of the molecule is CCCC(C)(CCCCc1ccc(O)c(O)c1)c1ccc(-c2cccc(C#N)c2)cc1. The second-order valence-electron chi connectivity index (χ2n) is 8.61. The van der Waals surface area contributed by atoms with Crippen LogP contribution in [0.4, 0.5) is 0 Å². The van der Waals surface area contributed by atoms with Gasteiger partial charge in [0.15, 0.2) is 11.5 Å². The van der Waals surface area contributed by atoms with Crippen molar-refractivity contribution in [1.29, 1.82) is 5.26 Å². The lowest BCUT2D eigenvalue weighted by Crippen LogP contribution is -2.21. The van der Waals surface area contributed by atoms with Crippen molar-refractivity contribution in [2.75, 3.05) is 0 Å². The van der Waals surface area contributed by atoms with Crippen LogP contribution >= 0.6 is 0 Å². The van der Waals surface area contributed by atoms with Crippen LogP contribution in [0.5, 0.6) is 11.5 Å². The van der Waals surface area contributed by atoms with Crippen LogP contribution in [0.25, 0.3) is 11.1 Å². The minimum absolute atomic E-state index is 0.0475. The van der Waals surface area contributed by atoms with E-state index in [1.807, 2.05) is 30.3 Å². The number of hydrogen-bond acceptors (Lipinski definition) is 3. The lowest BCUT2D eigenvalue weighted by molar-refractivity contribution is 0.379. The molecular formula is C28H31NO2. The van der Waals surface area contributed by atoms with Gasteiger partial charge in [0.05, 0.1) is 11.6 Å². The van der Waals surface area contributed by atoms with Crippen molar-refractivity contribution in [3.05, 3.63) is 83.4 Å². The van der Waals surface area contributed by atoms with E-state index < -0.39 is 0 Å². The van der Waals surface area contributed by atoms with Gasteiger partial charge in [-0.1, -0.05) is 69.2 Å². The predicted molar refractivity (Wildman–Crippen MR) is 126 cm³/mol. The monoisotopic (exact) mass is 413 g/mol. The van der Waals surface area contributed by atoms with Gasteiger partial charge in [-0.15, -0.1) is 0 Å². The zero-order valence-corrected chi connectivity index (χ0v) is 18.4. The molecule has 0 bridgehead atoms. The van der Waals surface area contributed by atoms with Crippen molar-refractivity contribution in [2.24, 2.45) is 0 Å². The maximum atomic E-state index is 9.67. The van der Waals surface area contributed by atoms with Crippen molar-refractivity contribution >= 4 is 0 Å². The zero-order valence-electron chi connectivity index (χ0n) is 18.4. The van der Waals surface area contributed by atoms with Gasteiger partial charge in [-0.25, -0.2) is 0 Å². The van der Waals surface area contributed by atoms with E-state index in [-0.39, 0.29) is 16.9 Å². The van der Waals surface area contributed by atoms with E-state index in [1.54, 1.807) is 12.1 Å². The highest BCUT2D eigenvalue weighted by atomic mass is 16.3. The van der Waals surface area contributed by atoms with Gasteiger partial charge in [0.2, 0.25) is 0 Å². The molecule has 3 rings (SSSR count). The molecule has 3 aromatic carbocycles. The van der Waals surface area contributed by atoms with Crippen LogP contribution in [-0.4, -0.2) is 10.2 Å². The summed E-state index contributed by atoms with van der Waals surface area (Å²) >= 11 is 0. The molecule has 0 aromatic heterocycles. The molecule has 0 spiro atoms. The smallest absolute Gasteiger partial charge is 0.157 e. The van der Waals surface area contributed by atoms with Crippen molar-refractivity contribution in [3.63, 3.8) is 0 Å². The molecule has 31 heavy (non-hydrogen) atoms. The van der Waals surface area contributed by atoms with Crippen LogP contribution < -0.4 is 0 Å². The maximum absolute atomic E-state index is 9.67. The predicted octanol–water partition coefficient (Wildman–Crippen LogP) is 7.11. The lowest BCUT2D eigenvalue weighted by Gasteiger charge is -2.30. The van der Waals surface area contributed by atoms with Gasteiger partial charge in [-0.05, 0) is 77.6 Å². The van der Waals surface area contributed by atoms with Crippen LogP contribution in [-0.2, 0) is 11.8 Å². The molecule has 0 heterocycles. The number of unbranched alkanes of at least 4 members (excludes halogenated alkanes) is 1. The van der Waals surface area contributed by atoms with Crippen LogP contribution in [0.15, 0.2) is 66.7 Å². The number of nitriles is 1. The Bertz CT molecular complexity index is 1050. The molecule has 0 radical (unpaired) electrons. The quantitative estimate of drug-likeness (QED) is 0.290. The van der Waals surface area contributed by atoms with Crippen molar-refractivity contribution < 1.29 is 10.2 Å². The third-order valence-corrected chi connectivity index (χ3v) is 6.19. The summed E-state index contributed by atoms with van der Waals surface area (Å²) in [4.78, 5) is 0. The van der Waals surface area contributed by atoms with E-state index in [9.17, 15) is 10.2 Å². The Hall–Kier alpha value is -3.25. The molecule has 3 nitrogen and oxygen atoms in total. The molecule has 1 unspecified atom stereocenters. The molecule has 2 N–H and O–H groups in total. The summed E-state index contributed by atoms with van der Waals surface area (Å²) in [5, 5.41) is 28.3. The number of hydrogen-bond donors (Lipinski definition) is 2. The molecule has 3 aromatic rings. The van der Waals surface area contributed by atoms with E-state index in [4.69, 9.17) is 5.26 Å². The molecule has 0 aliphatic carbocycles. The van der Waals surface area contributed by atoms with E-state index in [2.05, 4.69) is 44.2 Å². The second-order valence-corrected chi connectivity index (χ2v) is 8.61. The number of nitrogens with zero attached hydrogens (tertiary/aromatic N) is 1. The van der Waals surface area contributed by atoms with E-state index in [1.165, 1.54) is 5.56 Å². The normalized spacial score (nSPS) is 12.8. The van der Waals surface area contributed by atoms with Gasteiger partial charge < -0.3 is 10.2 Å². The van der Waals surface area contributed by atoms with Gasteiger partial charge in [0.25, 0.3) is 0 Å². The van der Waals surface area contributed by atoms with E-state index >= 15 is 0 Å². The molecule has 0 saturated carbocycles. The minimum Gasteiger partial charge on any atom is -0.504 e. The van der Waals surface area contributed by atoms with Crippen molar-refractivity contribution in [2.45, 2.75) is 57.8 Å². The number of aromatic hydroxyl groups is 2. The van der Waals surface area contributed by atoms with Crippen LogP contribution in [0.2, 0.25) is 0 Å². The van der Waals surface area contributed by atoms with Gasteiger partial charge in [0, 0.05) is 0 Å². The van der Waals surface area contributed by atoms with Gasteiger partial charge >= 0.3 is 0 Å². The Kier molecular flexibility index (Phi) is 7.36. The Balaban J connectivity index is 1.66. The first kappa shape index (κ1) is 22.4. The average Bonchev–Trinajstić information content (AvgIpc) is 2.79. The van der Waals surface area contributed by atoms with Crippen LogP contribution in [0.1, 0.15) is 62.6 Å². The minimum atomic E-state index is -0.0675. The molecule has 0 fully saturated rings. The molecule has 3 heteroatoms. The third kappa shape index (κ3) is 5.67. The van der Waals surface area contributed by atoms with Crippen molar-refractivity contribution in [3.8, 4) is 28.7 Å². The highest BCUT2D eigenvalue weighted by Gasteiger charge is 2.25. The number of phenolic OH excluding ortho intramolecular Hbond substituents is 2. The molecule has 1 atom stereocenters. The van der Waals surface area contributed by atoms with Gasteiger partial charge in [0.1, 0.15) is 0 Å². The average molecular weight is 414 g/mol. The topological polar surface area (TPSA) is 64.2 Å². The standard InChI is InChI=1S/C28H31NO2/c1-3-16-28(2,17-5-4-7-21-10-15-26(30)27(31)19-21)25-13-11-23(12-14-25)24-9-6-8-22(18-24)20-29/h6,8-15,18-19,30-31H,3-5,7,16-17H2,1-2H3. The zero-order chi connectivity index (χ0) is 22.3. The van der Waals surface area contributed by atoms with Crippen molar-refractivity contribution in [1.82, 2.24) is 0 Å². The fourth-order valence-electron chi connectivity index (χ4n) is 4.37. The summed E-state index contributed by atoms with van der Waals surface area (Å²) in [5.74, 6) is -0.115. The highest BCUT2D eigenvalue weighted by Crippen LogP contribution is 2.36. The summed E-state index contributed by atoms with van der Waals surface area (Å²) in [7, 11) is 0. The first-order valence-corrected chi connectivity index (χ1v) is 11.1. The van der Waals surface area contributed by atoms with Crippen LogP contribution in [0.3, 0.4) is 0 Å². The van der Waals surface area contributed by atoms with Gasteiger partial charge in [-0.3, -0.25) is 0 Å². The van der Waals surface area contributed by atoms with E-state index in [0.717, 1.165) is 55.2 Å². The molecule has 0 aliphatic rings. The Morgan fingerprint density at radius 1 is 0.839 bits per heavy atom.